The first kappa shape index (κ1) is 26.2. The van der Waals surface area contributed by atoms with Gasteiger partial charge in [0.15, 0.2) is 6.29 Å². The van der Waals surface area contributed by atoms with E-state index in [0.717, 1.165) is 41.9 Å². The highest BCUT2D eigenvalue weighted by Gasteiger charge is 2.41. The minimum Gasteiger partial charge on any atom is -0.399 e. The molecule has 0 saturated carbocycles. The molecule has 2 fully saturated rings. The number of hydrogen-bond acceptors (Lipinski definition) is 6. The monoisotopic (exact) mass is 522 g/mol. The van der Waals surface area contributed by atoms with Gasteiger partial charge in [0, 0.05) is 41.8 Å². The lowest BCUT2D eigenvalue weighted by atomic mass is 9.84. The number of piperidine rings is 1. The van der Waals surface area contributed by atoms with Gasteiger partial charge >= 0.3 is 0 Å². The first-order valence-corrected chi connectivity index (χ1v) is 13.3. The third-order valence-corrected chi connectivity index (χ3v) is 8.06. The average Bonchev–Trinajstić information content (AvgIpc) is 2.91. The Morgan fingerprint density at radius 3 is 2.32 bits per heavy atom. The Morgan fingerprint density at radius 2 is 1.68 bits per heavy atom. The molecule has 0 aromatic heterocycles. The first-order chi connectivity index (χ1) is 17.8. The molecule has 5 rings (SSSR count). The van der Waals surface area contributed by atoms with Gasteiger partial charge in [0.1, 0.15) is 0 Å². The number of ether oxygens (including phenoxy) is 2. The van der Waals surface area contributed by atoms with Gasteiger partial charge in [-0.25, -0.2) is 0 Å². The number of rotatable bonds is 6. The van der Waals surface area contributed by atoms with E-state index in [2.05, 4.69) is 11.8 Å². The van der Waals surface area contributed by atoms with Crippen LogP contribution in [0.15, 0.2) is 72.8 Å². The summed E-state index contributed by atoms with van der Waals surface area (Å²) >= 11 is 6.05. The van der Waals surface area contributed by atoms with E-state index in [-0.39, 0.29) is 24.7 Å². The van der Waals surface area contributed by atoms with Crippen LogP contribution >= 0.6 is 11.6 Å². The van der Waals surface area contributed by atoms with Crippen LogP contribution in [0, 0.1) is 5.92 Å². The number of nitrogen functional groups attached to an aromatic ring is 1. The molecule has 37 heavy (non-hydrogen) atoms. The number of benzene rings is 3. The molecule has 2 saturated heterocycles. The van der Waals surface area contributed by atoms with Crippen LogP contribution in [0.2, 0.25) is 5.02 Å². The van der Waals surface area contributed by atoms with Crippen LogP contribution in [0.5, 0.6) is 0 Å². The highest BCUT2D eigenvalue weighted by Crippen LogP contribution is 2.42. The lowest BCUT2D eigenvalue weighted by molar-refractivity contribution is -0.277. The Hall–Kier alpha value is -2.45. The van der Waals surface area contributed by atoms with Gasteiger partial charge in [-0.2, -0.15) is 0 Å². The third kappa shape index (κ3) is 5.85. The number of nitrogens with two attached hydrogens (primary N) is 1. The molecule has 2 aliphatic rings. The van der Waals surface area contributed by atoms with Crippen LogP contribution in [-0.4, -0.2) is 40.9 Å². The van der Waals surface area contributed by atoms with Crippen molar-refractivity contribution in [2.24, 2.45) is 5.92 Å². The predicted octanol–water partition coefficient (Wildman–Crippen LogP) is 5.19. The number of hydrogen-bond donors (Lipinski definition) is 3. The smallest absolute Gasteiger partial charge is 0.185 e. The highest BCUT2D eigenvalue weighted by molar-refractivity contribution is 6.30. The lowest BCUT2D eigenvalue weighted by Crippen LogP contribution is -2.49. The molecule has 0 amide bonds. The van der Waals surface area contributed by atoms with Crippen molar-refractivity contribution in [1.29, 1.82) is 0 Å². The van der Waals surface area contributed by atoms with Gasteiger partial charge in [0.2, 0.25) is 0 Å². The summed E-state index contributed by atoms with van der Waals surface area (Å²) < 4.78 is 13.1. The summed E-state index contributed by atoms with van der Waals surface area (Å²) in [4.78, 5) is 2.37. The maximum Gasteiger partial charge on any atom is 0.185 e. The Labute approximate surface area is 223 Å². The minimum absolute atomic E-state index is 0.0103. The van der Waals surface area contributed by atoms with Crippen LogP contribution in [0.4, 0.5) is 5.69 Å². The van der Waals surface area contributed by atoms with Gasteiger partial charge in [0.25, 0.3) is 0 Å². The molecule has 3 aromatic carbocycles. The van der Waals surface area contributed by atoms with E-state index in [9.17, 15) is 10.2 Å². The third-order valence-electron chi connectivity index (χ3n) is 7.81. The molecule has 2 heterocycles. The average molecular weight is 523 g/mol. The second kappa shape index (κ2) is 11.1. The van der Waals surface area contributed by atoms with Crippen molar-refractivity contribution in [3.63, 3.8) is 0 Å². The SMILES string of the molecule is CC1C(CN2CCC(O)(c3ccc(Cl)cc3)CC2)OC(c2cccc(N)c2)OC1c1ccc(CO)cc1. The quantitative estimate of drug-likeness (QED) is 0.386. The van der Waals surface area contributed by atoms with Gasteiger partial charge in [-0.1, -0.05) is 67.1 Å². The summed E-state index contributed by atoms with van der Waals surface area (Å²) in [5.74, 6) is 0.0920. The first-order valence-electron chi connectivity index (χ1n) is 12.9. The van der Waals surface area contributed by atoms with Crippen LogP contribution in [0.1, 0.15) is 54.4 Å². The van der Waals surface area contributed by atoms with E-state index in [1.165, 1.54) is 0 Å². The summed E-state index contributed by atoms with van der Waals surface area (Å²) in [7, 11) is 0. The molecule has 6 nitrogen and oxygen atoms in total. The highest BCUT2D eigenvalue weighted by atomic mass is 35.5. The molecule has 0 bridgehead atoms. The minimum atomic E-state index is -0.843. The van der Waals surface area contributed by atoms with Crippen molar-refractivity contribution in [3.05, 3.63) is 100 Å². The Kier molecular flexibility index (Phi) is 7.86. The molecule has 196 valence electrons. The van der Waals surface area contributed by atoms with Crippen LogP contribution in [0.3, 0.4) is 0 Å². The van der Waals surface area contributed by atoms with Crippen molar-refractivity contribution in [1.82, 2.24) is 4.90 Å². The molecule has 4 atom stereocenters. The van der Waals surface area contributed by atoms with E-state index in [4.69, 9.17) is 26.8 Å². The fourth-order valence-electron chi connectivity index (χ4n) is 5.44. The summed E-state index contributed by atoms with van der Waals surface area (Å²) in [6.07, 6.45) is 0.509. The van der Waals surface area contributed by atoms with Gasteiger partial charge in [-0.15, -0.1) is 0 Å². The molecule has 2 aliphatic heterocycles. The summed E-state index contributed by atoms with van der Waals surface area (Å²) in [6, 6.07) is 23.1. The molecular formula is C30H35ClN2O4. The van der Waals surface area contributed by atoms with E-state index >= 15 is 0 Å². The van der Waals surface area contributed by atoms with Crippen LogP contribution in [-0.2, 0) is 21.7 Å². The molecule has 4 unspecified atom stereocenters. The maximum atomic E-state index is 11.3. The summed E-state index contributed by atoms with van der Waals surface area (Å²) in [5.41, 5.74) is 9.62. The Balaban J connectivity index is 1.33. The van der Waals surface area contributed by atoms with E-state index in [0.29, 0.717) is 23.6 Å². The molecular weight excluding hydrogens is 488 g/mol. The Bertz CT molecular complexity index is 1180. The van der Waals surface area contributed by atoms with Gasteiger partial charge in [0.05, 0.1) is 24.4 Å². The van der Waals surface area contributed by atoms with Crippen molar-refractivity contribution in [3.8, 4) is 0 Å². The van der Waals surface area contributed by atoms with Gasteiger partial charge in [-0.05, 0) is 53.8 Å². The van der Waals surface area contributed by atoms with E-state index in [1.807, 2.05) is 72.8 Å². The molecule has 0 radical (unpaired) electrons. The fraction of sp³-hybridized carbons (Fsp3) is 0.400. The number of aliphatic hydroxyl groups excluding tert-OH is 1. The summed E-state index contributed by atoms with van der Waals surface area (Å²) in [6.45, 7) is 4.46. The molecule has 0 aliphatic carbocycles. The molecule has 7 heteroatoms. The number of aliphatic hydroxyl groups is 2. The number of likely N-dealkylation sites (tertiary alicyclic amines) is 1. The Morgan fingerprint density at radius 1 is 0.973 bits per heavy atom. The molecule has 4 N–H and O–H groups in total. The topological polar surface area (TPSA) is 88.2 Å². The number of nitrogens with zero attached hydrogens (tertiary/aromatic N) is 1. The lowest BCUT2D eigenvalue weighted by Gasteiger charge is -2.45. The van der Waals surface area contributed by atoms with E-state index < -0.39 is 11.9 Å². The van der Waals surface area contributed by atoms with Gasteiger partial charge < -0.3 is 30.3 Å². The number of halogens is 1. The second-order valence-electron chi connectivity index (χ2n) is 10.3. The normalized spacial score (nSPS) is 26.2. The maximum absolute atomic E-state index is 11.3. The van der Waals surface area contributed by atoms with Crippen LogP contribution < -0.4 is 5.73 Å². The molecule has 3 aromatic rings. The number of anilines is 1. The zero-order valence-corrected chi connectivity index (χ0v) is 21.8. The van der Waals surface area contributed by atoms with Crippen molar-refractivity contribution in [2.75, 3.05) is 25.4 Å². The fourth-order valence-corrected chi connectivity index (χ4v) is 5.57. The van der Waals surface area contributed by atoms with Crippen molar-refractivity contribution >= 4 is 17.3 Å². The van der Waals surface area contributed by atoms with E-state index in [1.54, 1.807) is 0 Å². The molecule has 0 spiro atoms. The predicted molar refractivity (Wildman–Crippen MR) is 145 cm³/mol. The van der Waals surface area contributed by atoms with Crippen LogP contribution in [0.25, 0.3) is 0 Å². The standard InChI is InChI=1S/C30H35ClN2O4/c1-20-27(18-33-15-13-30(35,14-16-33)24-9-11-25(31)12-10-24)36-29(23-3-2-4-26(32)17-23)37-28(20)22-7-5-21(19-34)6-8-22/h2-12,17,20,27-29,34-35H,13-16,18-19,32H2,1H3. The van der Waals surface area contributed by atoms with Crippen molar-refractivity contribution < 1.29 is 19.7 Å². The second-order valence-corrected chi connectivity index (χ2v) is 10.8. The van der Waals surface area contributed by atoms with Gasteiger partial charge in [-0.3, -0.25) is 0 Å². The van der Waals surface area contributed by atoms with Crippen molar-refractivity contribution in [2.45, 2.75) is 50.5 Å². The summed E-state index contributed by atoms with van der Waals surface area (Å²) in [5, 5.41) is 21.4. The zero-order valence-electron chi connectivity index (χ0n) is 21.1. The largest absolute Gasteiger partial charge is 0.399 e. The zero-order chi connectivity index (χ0) is 26.0.